The molecule has 0 spiro atoms. The van der Waals surface area contributed by atoms with Gasteiger partial charge >= 0.3 is 24.3 Å². The quantitative estimate of drug-likeness (QED) is 0.337. The van der Waals surface area contributed by atoms with Crippen LogP contribution in [-0.2, 0) is 25.2 Å². The van der Waals surface area contributed by atoms with E-state index < -0.39 is 53.0 Å². The van der Waals surface area contributed by atoms with E-state index in [4.69, 9.17) is 14.2 Å². The number of methoxy groups -OCH3 is 1. The van der Waals surface area contributed by atoms with Gasteiger partial charge in [-0.05, 0) is 76.9 Å². The fourth-order valence-electron chi connectivity index (χ4n) is 4.31. The van der Waals surface area contributed by atoms with E-state index in [9.17, 15) is 32.3 Å². The first-order valence-electron chi connectivity index (χ1n) is 13.5. The lowest BCUT2D eigenvalue weighted by Crippen LogP contribution is -2.60. The van der Waals surface area contributed by atoms with E-state index in [0.29, 0.717) is 0 Å². The molecule has 13 heteroatoms. The van der Waals surface area contributed by atoms with Gasteiger partial charge in [0.25, 0.3) is 5.91 Å². The van der Waals surface area contributed by atoms with E-state index >= 15 is 0 Å². The van der Waals surface area contributed by atoms with Crippen LogP contribution in [0.15, 0.2) is 42.5 Å². The molecule has 2 aromatic carbocycles. The molecule has 1 aliphatic heterocycles. The number of carbonyl (C=O) groups is 4. The van der Waals surface area contributed by atoms with Crippen molar-refractivity contribution in [3.63, 3.8) is 0 Å². The van der Waals surface area contributed by atoms with Crippen LogP contribution < -0.4 is 5.32 Å². The van der Waals surface area contributed by atoms with Gasteiger partial charge in [0.15, 0.2) is 0 Å². The summed E-state index contributed by atoms with van der Waals surface area (Å²) in [5, 5.41) is 2.52. The first kappa shape index (κ1) is 33.2. The highest BCUT2D eigenvalue weighted by Crippen LogP contribution is 2.34. The van der Waals surface area contributed by atoms with Gasteiger partial charge < -0.3 is 24.0 Å². The fraction of sp³-hybridized carbons (Fsp3) is 0.467. The van der Waals surface area contributed by atoms with Crippen molar-refractivity contribution in [3.05, 3.63) is 53.6 Å². The van der Waals surface area contributed by atoms with Crippen LogP contribution in [0.2, 0.25) is 0 Å². The van der Waals surface area contributed by atoms with Crippen molar-refractivity contribution < 1.29 is 46.6 Å². The smallest absolute Gasteiger partial charge is 0.416 e. The molecule has 0 bridgehead atoms. The van der Waals surface area contributed by atoms with Gasteiger partial charge in [0.1, 0.15) is 17.2 Å². The van der Waals surface area contributed by atoms with Gasteiger partial charge in [-0.1, -0.05) is 18.2 Å². The summed E-state index contributed by atoms with van der Waals surface area (Å²) in [6.45, 7) is 9.74. The summed E-state index contributed by atoms with van der Waals surface area (Å²) in [6.07, 6.45) is -6.13. The van der Waals surface area contributed by atoms with Gasteiger partial charge in [0.2, 0.25) is 0 Å². The molecule has 43 heavy (non-hydrogen) atoms. The van der Waals surface area contributed by atoms with Crippen LogP contribution in [-0.4, -0.2) is 77.9 Å². The molecule has 0 saturated carbocycles. The molecule has 0 aliphatic carbocycles. The van der Waals surface area contributed by atoms with Crippen LogP contribution in [0.5, 0.6) is 0 Å². The number of nitrogens with one attached hydrogen (secondary N) is 1. The maximum absolute atomic E-state index is 14.0. The zero-order valence-corrected chi connectivity index (χ0v) is 25.1. The number of nitrogens with zero attached hydrogens (tertiary/aromatic N) is 2. The Hall–Kier alpha value is -4.29. The van der Waals surface area contributed by atoms with E-state index in [2.05, 4.69) is 5.32 Å². The highest BCUT2D eigenvalue weighted by molar-refractivity contribution is 6.05. The summed E-state index contributed by atoms with van der Waals surface area (Å²) in [7, 11) is 1.14. The first-order chi connectivity index (χ1) is 19.8. The van der Waals surface area contributed by atoms with Crippen molar-refractivity contribution in [1.29, 1.82) is 0 Å². The van der Waals surface area contributed by atoms with Crippen LogP contribution >= 0.6 is 0 Å². The number of halogens is 3. The number of hydrogen-bond acceptors (Lipinski definition) is 7. The summed E-state index contributed by atoms with van der Waals surface area (Å²) in [4.78, 5) is 54.7. The number of anilines is 1. The third-order valence-electron chi connectivity index (χ3n) is 6.18. The minimum Gasteiger partial charge on any atom is -0.467 e. The molecule has 0 unspecified atom stereocenters. The van der Waals surface area contributed by atoms with Crippen LogP contribution in [0.4, 0.5) is 28.4 Å². The van der Waals surface area contributed by atoms with Crippen molar-refractivity contribution in [2.75, 3.05) is 32.1 Å². The number of piperazine rings is 1. The number of esters is 1. The molecule has 0 radical (unpaired) electrons. The van der Waals surface area contributed by atoms with Gasteiger partial charge in [-0.2, -0.15) is 13.2 Å². The Morgan fingerprint density at radius 3 is 2.07 bits per heavy atom. The van der Waals surface area contributed by atoms with Gasteiger partial charge in [-0.3, -0.25) is 10.1 Å². The van der Waals surface area contributed by atoms with Crippen LogP contribution in [0, 0.1) is 0 Å². The summed E-state index contributed by atoms with van der Waals surface area (Å²) in [6, 6.07) is 7.50. The number of hydrogen-bond donors (Lipinski definition) is 1. The second-order valence-electron chi connectivity index (χ2n) is 11.9. The normalized spacial score (nSPS) is 15.9. The highest BCUT2D eigenvalue weighted by atomic mass is 19.4. The molecule has 2 aromatic rings. The molecular weight excluding hydrogens is 571 g/mol. The van der Waals surface area contributed by atoms with Crippen LogP contribution in [0.1, 0.15) is 57.5 Å². The number of rotatable bonds is 4. The standard InChI is InChI=1S/C30H36F3N3O7/c1-28(2,3)42-26(39)34-22-12-11-19(18-9-8-10-20(15-18)30(31,32)33)16-21(22)24(37)36-14-13-35(17-23(36)25(38)41-7)27(40)43-29(4,5)6/h8-12,15-16,23H,13-14,17H2,1-7H3,(H,34,39)/t23-/m0/s1. The Labute approximate surface area is 248 Å². The molecule has 1 aliphatic rings. The lowest BCUT2D eigenvalue weighted by molar-refractivity contribution is -0.148. The van der Waals surface area contributed by atoms with E-state index in [1.807, 2.05) is 0 Å². The zero-order chi connectivity index (χ0) is 32.3. The molecule has 3 amide bonds. The van der Waals surface area contributed by atoms with Crippen molar-refractivity contribution in [1.82, 2.24) is 9.80 Å². The zero-order valence-electron chi connectivity index (χ0n) is 25.1. The Balaban J connectivity index is 2.04. The molecule has 0 aromatic heterocycles. The lowest BCUT2D eigenvalue weighted by atomic mass is 9.98. The first-order valence-corrected chi connectivity index (χ1v) is 13.5. The Kier molecular flexibility index (Phi) is 9.67. The molecule has 3 rings (SSSR count). The maximum atomic E-state index is 14.0. The van der Waals surface area contributed by atoms with Crippen molar-refractivity contribution in [2.24, 2.45) is 0 Å². The number of benzene rings is 2. The lowest BCUT2D eigenvalue weighted by Gasteiger charge is -2.40. The third-order valence-corrected chi connectivity index (χ3v) is 6.18. The van der Waals surface area contributed by atoms with Crippen molar-refractivity contribution in [2.45, 2.75) is 65.0 Å². The van der Waals surface area contributed by atoms with E-state index in [1.165, 1.54) is 40.1 Å². The summed E-state index contributed by atoms with van der Waals surface area (Å²) in [5.41, 5.74) is -2.21. The molecule has 1 heterocycles. The second-order valence-corrected chi connectivity index (χ2v) is 11.9. The topological polar surface area (TPSA) is 114 Å². The molecule has 1 atom stereocenters. The van der Waals surface area contributed by atoms with Gasteiger partial charge in [-0.15, -0.1) is 0 Å². The fourth-order valence-corrected chi connectivity index (χ4v) is 4.31. The van der Waals surface area contributed by atoms with E-state index in [0.717, 1.165) is 19.2 Å². The molecule has 1 fully saturated rings. The number of amides is 3. The average Bonchev–Trinajstić information content (AvgIpc) is 2.89. The van der Waals surface area contributed by atoms with Gasteiger partial charge in [-0.25, -0.2) is 14.4 Å². The summed E-state index contributed by atoms with van der Waals surface area (Å²) in [5.74, 6) is -1.52. The minimum absolute atomic E-state index is 0.00756. The Bertz CT molecular complexity index is 1380. The van der Waals surface area contributed by atoms with Crippen molar-refractivity contribution in [3.8, 4) is 11.1 Å². The Morgan fingerprint density at radius 2 is 1.49 bits per heavy atom. The van der Waals surface area contributed by atoms with Crippen LogP contribution in [0.25, 0.3) is 11.1 Å². The number of ether oxygens (including phenoxy) is 3. The maximum Gasteiger partial charge on any atom is 0.416 e. The third kappa shape index (κ3) is 8.85. The molecular formula is C30H36F3N3O7. The van der Waals surface area contributed by atoms with Crippen molar-refractivity contribution >= 4 is 29.8 Å². The van der Waals surface area contributed by atoms with E-state index in [1.54, 1.807) is 41.5 Å². The largest absolute Gasteiger partial charge is 0.467 e. The van der Waals surface area contributed by atoms with Gasteiger partial charge in [0, 0.05) is 13.1 Å². The average molecular weight is 608 g/mol. The predicted molar refractivity (Wildman–Crippen MR) is 151 cm³/mol. The van der Waals surface area contributed by atoms with Crippen LogP contribution in [0.3, 0.4) is 0 Å². The minimum atomic E-state index is -4.59. The molecule has 1 saturated heterocycles. The number of carbonyl (C=O) groups excluding carboxylic acids is 4. The summed E-state index contributed by atoms with van der Waals surface area (Å²) >= 11 is 0. The molecule has 234 valence electrons. The van der Waals surface area contributed by atoms with Gasteiger partial charge in [0.05, 0.1) is 30.5 Å². The predicted octanol–water partition coefficient (Wildman–Crippen LogP) is 5.95. The Morgan fingerprint density at radius 1 is 0.860 bits per heavy atom. The second kappa shape index (κ2) is 12.5. The SMILES string of the molecule is COC(=O)[C@@H]1CN(C(=O)OC(C)(C)C)CCN1C(=O)c1cc(-c2cccc(C(F)(F)F)c2)ccc1NC(=O)OC(C)(C)C. The summed E-state index contributed by atoms with van der Waals surface area (Å²) < 4.78 is 55.9. The van der Waals surface area contributed by atoms with E-state index in [-0.39, 0.29) is 42.0 Å². The molecule has 10 nitrogen and oxygen atoms in total. The number of alkyl halides is 3. The molecule has 1 N–H and O–H groups in total. The highest BCUT2D eigenvalue weighted by Gasteiger charge is 2.40. The monoisotopic (exact) mass is 607 g/mol.